The molecule has 110 valence electrons. The molecule has 0 aromatic heterocycles. The molecule has 0 aliphatic rings. The lowest BCUT2D eigenvalue weighted by molar-refractivity contribution is -0.128. The van der Waals surface area contributed by atoms with Crippen LogP contribution in [-0.4, -0.2) is 28.6 Å². The van der Waals surface area contributed by atoms with Gasteiger partial charge < -0.3 is 15.2 Å². The van der Waals surface area contributed by atoms with Gasteiger partial charge in [-0.3, -0.25) is 4.79 Å². The first-order valence-electron chi connectivity index (χ1n) is 6.43. The maximum Gasteiger partial charge on any atom is 0.339 e. The second kappa shape index (κ2) is 5.94. The van der Waals surface area contributed by atoms with E-state index in [1.165, 1.54) is 6.07 Å². The van der Waals surface area contributed by atoms with Crippen molar-refractivity contribution in [2.75, 3.05) is 0 Å². The maximum atomic E-state index is 12.0. The number of carboxylic acids is 1. The summed E-state index contributed by atoms with van der Waals surface area (Å²) in [6, 6.07) is 4.85. The van der Waals surface area contributed by atoms with Gasteiger partial charge in [0.15, 0.2) is 6.10 Å². The summed E-state index contributed by atoms with van der Waals surface area (Å²) in [5.41, 5.74) is 0.372. The number of hydrogen-bond acceptors (Lipinski definition) is 3. The zero-order valence-electron chi connectivity index (χ0n) is 12.5. The SMILES string of the molecule is Cc1cccc(C(=O)O)c1OC(C)C(=O)NC(C)(C)C. The highest BCUT2D eigenvalue weighted by Gasteiger charge is 2.23. The minimum atomic E-state index is -1.08. The molecule has 0 aliphatic heterocycles. The minimum absolute atomic E-state index is 0.0559. The van der Waals surface area contributed by atoms with Crippen LogP contribution >= 0.6 is 0 Å². The summed E-state index contributed by atoms with van der Waals surface area (Å²) in [4.78, 5) is 23.1. The van der Waals surface area contributed by atoms with Crippen LogP contribution in [0, 0.1) is 6.92 Å². The molecule has 1 amide bonds. The van der Waals surface area contributed by atoms with Crippen LogP contribution in [0.3, 0.4) is 0 Å². The van der Waals surface area contributed by atoms with E-state index in [1.807, 2.05) is 20.8 Å². The number of aromatic carboxylic acids is 1. The smallest absolute Gasteiger partial charge is 0.339 e. The molecule has 1 unspecified atom stereocenters. The number of nitrogens with one attached hydrogen (secondary N) is 1. The highest BCUT2D eigenvalue weighted by atomic mass is 16.5. The molecule has 5 heteroatoms. The van der Waals surface area contributed by atoms with Crippen LogP contribution in [0.2, 0.25) is 0 Å². The monoisotopic (exact) mass is 279 g/mol. The Hall–Kier alpha value is -2.04. The van der Waals surface area contributed by atoms with Crippen molar-refractivity contribution in [3.8, 4) is 5.75 Å². The molecule has 2 N–H and O–H groups in total. The molecule has 0 fully saturated rings. The summed E-state index contributed by atoms with van der Waals surface area (Å²) in [6.07, 6.45) is -0.770. The molecule has 0 radical (unpaired) electrons. The Bertz CT molecular complexity index is 517. The number of hydrogen-bond donors (Lipinski definition) is 2. The molecular weight excluding hydrogens is 258 g/mol. The summed E-state index contributed by atoms with van der Waals surface area (Å²) in [5, 5.41) is 11.9. The van der Waals surface area contributed by atoms with Gasteiger partial charge >= 0.3 is 5.97 Å². The number of rotatable bonds is 4. The van der Waals surface area contributed by atoms with E-state index in [4.69, 9.17) is 9.84 Å². The van der Waals surface area contributed by atoms with Crippen molar-refractivity contribution in [3.05, 3.63) is 29.3 Å². The van der Waals surface area contributed by atoms with E-state index in [0.717, 1.165) is 0 Å². The number of carbonyl (C=O) groups excluding carboxylic acids is 1. The van der Waals surface area contributed by atoms with Crippen LogP contribution in [0.1, 0.15) is 43.6 Å². The molecule has 1 atom stereocenters. The van der Waals surface area contributed by atoms with Crippen molar-refractivity contribution in [2.45, 2.75) is 46.3 Å². The Balaban J connectivity index is 2.93. The maximum absolute atomic E-state index is 12.0. The molecule has 0 spiro atoms. The van der Waals surface area contributed by atoms with Gasteiger partial charge in [0.2, 0.25) is 0 Å². The molecule has 0 heterocycles. The molecule has 1 aromatic carbocycles. The average molecular weight is 279 g/mol. The van der Waals surface area contributed by atoms with E-state index < -0.39 is 12.1 Å². The number of ether oxygens (including phenoxy) is 1. The molecule has 20 heavy (non-hydrogen) atoms. The Kier molecular flexibility index (Phi) is 4.76. The van der Waals surface area contributed by atoms with Crippen LogP contribution in [0.4, 0.5) is 0 Å². The molecule has 1 aromatic rings. The zero-order valence-corrected chi connectivity index (χ0v) is 12.5. The van der Waals surface area contributed by atoms with Crippen LogP contribution in [0.5, 0.6) is 5.75 Å². The zero-order chi connectivity index (χ0) is 15.5. The van der Waals surface area contributed by atoms with Crippen LogP contribution in [0.25, 0.3) is 0 Å². The average Bonchev–Trinajstić information content (AvgIpc) is 2.28. The normalized spacial score (nSPS) is 12.7. The van der Waals surface area contributed by atoms with E-state index in [9.17, 15) is 9.59 Å². The van der Waals surface area contributed by atoms with Crippen LogP contribution in [0.15, 0.2) is 18.2 Å². The number of amides is 1. The summed E-state index contributed by atoms with van der Waals surface area (Å²) in [7, 11) is 0. The van der Waals surface area contributed by atoms with Gasteiger partial charge in [-0.05, 0) is 46.2 Å². The summed E-state index contributed by atoms with van der Waals surface area (Å²) in [6.45, 7) is 8.95. The molecule has 1 rings (SSSR count). The van der Waals surface area contributed by atoms with E-state index in [2.05, 4.69) is 5.32 Å². The number of carbonyl (C=O) groups is 2. The van der Waals surface area contributed by atoms with Gasteiger partial charge in [-0.1, -0.05) is 12.1 Å². The van der Waals surface area contributed by atoms with Crippen molar-refractivity contribution in [1.29, 1.82) is 0 Å². The van der Waals surface area contributed by atoms with Crippen LogP contribution in [-0.2, 0) is 4.79 Å². The quantitative estimate of drug-likeness (QED) is 0.887. The van der Waals surface area contributed by atoms with Crippen molar-refractivity contribution in [1.82, 2.24) is 5.32 Å². The Morgan fingerprint density at radius 2 is 1.90 bits per heavy atom. The van der Waals surface area contributed by atoms with Gasteiger partial charge in [0.25, 0.3) is 5.91 Å². The molecule has 0 bridgehead atoms. The molecule has 0 saturated carbocycles. The van der Waals surface area contributed by atoms with Gasteiger partial charge in [-0.15, -0.1) is 0 Å². The van der Waals surface area contributed by atoms with Crippen LogP contribution < -0.4 is 10.1 Å². The van der Waals surface area contributed by atoms with E-state index >= 15 is 0 Å². The third-order valence-electron chi connectivity index (χ3n) is 2.60. The fraction of sp³-hybridized carbons (Fsp3) is 0.467. The topological polar surface area (TPSA) is 75.6 Å². The van der Waals surface area contributed by atoms with E-state index in [1.54, 1.807) is 26.0 Å². The van der Waals surface area contributed by atoms with Crippen molar-refractivity contribution in [3.63, 3.8) is 0 Å². The first-order chi connectivity index (χ1) is 9.11. The predicted octanol–water partition coefficient (Wildman–Crippen LogP) is 2.38. The molecule has 0 aliphatic carbocycles. The molecule has 0 saturated heterocycles. The Morgan fingerprint density at radius 1 is 1.30 bits per heavy atom. The van der Waals surface area contributed by atoms with Gasteiger partial charge in [-0.25, -0.2) is 4.79 Å². The fourth-order valence-electron chi connectivity index (χ4n) is 1.68. The molecule has 5 nitrogen and oxygen atoms in total. The Labute approximate surface area is 118 Å². The second-order valence-electron chi connectivity index (χ2n) is 5.76. The summed E-state index contributed by atoms with van der Waals surface area (Å²) in [5.74, 6) is -1.12. The minimum Gasteiger partial charge on any atom is -0.480 e. The highest BCUT2D eigenvalue weighted by Crippen LogP contribution is 2.24. The van der Waals surface area contributed by atoms with E-state index in [0.29, 0.717) is 5.56 Å². The van der Waals surface area contributed by atoms with E-state index in [-0.39, 0.29) is 22.8 Å². The summed E-state index contributed by atoms with van der Waals surface area (Å²) >= 11 is 0. The highest BCUT2D eigenvalue weighted by molar-refractivity contribution is 5.91. The third kappa shape index (κ3) is 4.26. The van der Waals surface area contributed by atoms with Crippen molar-refractivity contribution >= 4 is 11.9 Å². The van der Waals surface area contributed by atoms with Gasteiger partial charge in [0.1, 0.15) is 11.3 Å². The van der Waals surface area contributed by atoms with Crippen molar-refractivity contribution < 1.29 is 19.4 Å². The number of carboxylic acid groups (broad SMARTS) is 1. The lowest BCUT2D eigenvalue weighted by atomic mass is 10.1. The van der Waals surface area contributed by atoms with Crippen molar-refractivity contribution in [2.24, 2.45) is 0 Å². The number of aryl methyl sites for hydroxylation is 1. The van der Waals surface area contributed by atoms with Gasteiger partial charge in [-0.2, -0.15) is 0 Å². The first-order valence-corrected chi connectivity index (χ1v) is 6.43. The predicted molar refractivity (Wildman–Crippen MR) is 76.1 cm³/mol. The number of benzene rings is 1. The second-order valence-corrected chi connectivity index (χ2v) is 5.76. The standard InChI is InChI=1S/C15H21NO4/c1-9-7-6-8-11(14(18)19)12(9)20-10(2)13(17)16-15(3,4)5/h6-8,10H,1-5H3,(H,16,17)(H,18,19). The molecular formula is C15H21NO4. The largest absolute Gasteiger partial charge is 0.480 e. The first kappa shape index (κ1) is 16.0. The van der Waals surface area contributed by atoms with Gasteiger partial charge in [0, 0.05) is 5.54 Å². The fourth-order valence-corrected chi connectivity index (χ4v) is 1.68. The lowest BCUT2D eigenvalue weighted by Crippen LogP contribution is -2.46. The third-order valence-corrected chi connectivity index (χ3v) is 2.60. The Morgan fingerprint density at radius 3 is 2.40 bits per heavy atom. The summed E-state index contributed by atoms with van der Waals surface area (Å²) < 4.78 is 5.55. The number of para-hydroxylation sites is 1. The van der Waals surface area contributed by atoms with Gasteiger partial charge in [0.05, 0.1) is 0 Å². The lowest BCUT2D eigenvalue weighted by Gasteiger charge is -2.24.